The third-order valence-electron chi connectivity index (χ3n) is 3.99. The van der Waals surface area contributed by atoms with Crippen molar-refractivity contribution in [2.75, 3.05) is 13.2 Å². The van der Waals surface area contributed by atoms with Crippen molar-refractivity contribution < 1.29 is 14.3 Å². The molecule has 4 heteroatoms. The molecule has 0 saturated heterocycles. The lowest BCUT2D eigenvalue weighted by Crippen LogP contribution is -2.24. The second-order valence-electron chi connectivity index (χ2n) is 5.62. The van der Waals surface area contributed by atoms with Crippen LogP contribution in [0.25, 0.3) is 0 Å². The second kappa shape index (κ2) is 6.46. The summed E-state index contributed by atoms with van der Waals surface area (Å²) in [5, 5.41) is 0. The lowest BCUT2D eigenvalue weighted by Gasteiger charge is -2.19. The molecule has 1 N–H and O–H groups in total. The fourth-order valence-corrected chi connectivity index (χ4v) is 2.72. The maximum atomic E-state index is 5.77. The fraction of sp³-hybridized carbons (Fsp3) is 0.625. The van der Waals surface area contributed by atoms with E-state index in [1.54, 1.807) is 0 Å². The van der Waals surface area contributed by atoms with Crippen molar-refractivity contribution in [2.24, 2.45) is 0 Å². The normalized spacial score (nSPS) is 20.6. The third-order valence-corrected chi connectivity index (χ3v) is 3.99. The number of hydrogen-bond donors (Lipinski definition) is 1. The van der Waals surface area contributed by atoms with E-state index in [-0.39, 0.29) is 6.04 Å². The first-order valence-electron chi connectivity index (χ1n) is 7.63. The Hall–Kier alpha value is -1.26. The molecule has 1 unspecified atom stereocenters. The Morgan fingerprint density at radius 1 is 1.10 bits per heavy atom. The van der Waals surface area contributed by atoms with Gasteiger partial charge in [0.25, 0.3) is 0 Å². The van der Waals surface area contributed by atoms with E-state index in [1.807, 2.05) is 6.07 Å². The van der Waals surface area contributed by atoms with E-state index in [0.717, 1.165) is 36.7 Å². The molecular formula is C16H23NO3. The monoisotopic (exact) mass is 277 g/mol. The number of rotatable bonds is 4. The summed E-state index contributed by atoms with van der Waals surface area (Å²) >= 11 is 0. The molecule has 1 atom stereocenters. The number of fused-ring (bicyclic) bond motifs is 1. The van der Waals surface area contributed by atoms with Crippen LogP contribution in [0.2, 0.25) is 0 Å². The van der Waals surface area contributed by atoms with Crippen molar-refractivity contribution in [1.82, 2.24) is 5.48 Å². The maximum absolute atomic E-state index is 5.77. The van der Waals surface area contributed by atoms with Crippen LogP contribution in [0.15, 0.2) is 18.2 Å². The first-order chi connectivity index (χ1) is 9.83. The van der Waals surface area contributed by atoms with Gasteiger partial charge >= 0.3 is 0 Å². The van der Waals surface area contributed by atoms with Crippen LogP contribution in [-0.4, -0.2) is 19.3 Å². The Morgan fingerprint density at radius 3 is 2.65 bits per heavy atom. The average molecular weight is 277 g/mol. The number of hydrogen-bond acceptors (Lipinski definition) is 4. The quantitative estimate of drug-likeness (QED) is 0.857. The van der Waals surface area contributed by atoms with Gasteiger partial charge in [0.15, 0.2) is 11.5 Å². The van der Waals surface area contributed by atoms with Gasteiger partial charge in [-0.05, 0) is 37.5 Å². The van der Waals surface area contributed by atoms with Gasteiger partial charge in [0.2, 0.25) is 0 Å². The number of nitrogens with one attached hydrogen (secondary N) is 1. The summed E-state index contributed by atoms with van der Waals surface area (Å²) in [5.74, 6) is 1.68. The Bertz CT molecular complexity index is 443. The molecule has 3 rings (SSSR count). The lowest BCUT2D eigenvalue weighted by atomic mass is 10.1. The molecule has 1 saturated carbocycles. The Morgan fingerprint density at radius 2 is 1.85 bits per heavy atom. The minimum Gasteiger partial charge on any atom is -0.490 e. The minimum absolute atomic E-state index is 0.146. The van der Waals surface area contributed by atoms with Gasteiger partial charge in [0.05, 0.1) is 25.4 Å². The summed E-state index contributed by atoms with van der Waals surface area (Å²) in [6.45, 7) is 3.55. The second-order valence-corrected chi connectivity index (χ2v) is 5.62. The molecule has 0 aromatic heterocycles. The van der Waals surface area contributed by atoms with E-state index in [4.69, 9.17) is 14.3 Å². The Labute approximate surface area is 120 Å². The predicted molar refractivity (Wildman–Crippen MR) is 76.9 cm³/mol. The molecule has 1 heterocycles. The first kappa shape index (κ1) is 13.7. The van der Waals surface area contributed by atoms with Crippen molar-refractivity contribution >= 4 is 0 Å². The Balaban J connectivity index is 1.62. The van der Waals surface area contributed by atoms with Gasteiger partial charge in [0.1, 0.15) is 0 Å². The van der Waals surface area contributed by atoms with Gasteiger partial charge in [-0.3, -0.25) is 4.84 Å². The molecule has 20 heavy (non-hydrogen) atoms. The topological polar surface area (TPSA) is 39.7 Å². The van der Waals surface area contributed by atoms with E-state index in [0.29, 0.717) is 6.10 Å². The van der Waals surface area contributed by atoms with Crippen LogP contribution >= 0.6 is 0 Å². The Kier molecular flexibility index (Phi) is 4.43. The van der Waals surface area contributed by atoms with Gasteiger partial charge in [0, 0.05) is 6.42 Å². The summed E-state index contributed by atoms with van der Waals surface area (Å²) in [7, 11) is 0. The van der Waals surface area contributed by atoms with Crippen molar-refractivity contribution in [3.8, 4) is 11.5 Å². The van der Waals surface area contributed by atoms with E-state index in [9.17, 15) is 0 Å². The van der Waals surface area contributed by atoms with Crippen LogP contribution in [-0.2, 0) is 4.84 Å². The highest BCUT2D eigenvalue weighted by Crippen LogP contribution is 2.32. The minimum atomic E-state index is 0.146. The zero-order valence-electron chi connectivity index (χ0n) is 12.1. The summed E-state index contributed by atoms with van der Waals surface area (Å²) in [6, 6.07) is 6.26. The van der Waals surface area contributed by atoms with Gasteiger partial charge in [-0.2, -0.15) is 5.48 Å². The van der Waals surface area contributed by atoms with E-state index in [2.05, 4.69) is 24.5 Å². The summed E-state index contributed by atoms with van der Waals surface area (Å²) in [6.07, 6.45) is 6.21. The van der Waals surface area contributed by atoms with Crippen LogP contribution in [0.1, 0.15) is 50.6 Å². The van der Waals surface area contributed by atoms with Crippen molar-refractivity contribution in [2.45, 2.75) is 51.2 Å². The smallest absolute Gasteiger partial charge is 0.161 e. The van der Waals surface area contributed by atoms with E-state index >= 15 is 0 Å². The fourth-order valence-electron chi connectivity index (χ4n) is 2.72. The number of ether oxygens (including phenoxy) is 2. The molecule has 1 aliphatic heterocycles. The molecule has 2 aliphatic rings. The molecule has 110 valence electrons. The standard InChI is InChI=1S/C16H23NO3/c1-12(17-20-14-5-2-3-6-14)13-7-8-15-16(11-13)19-10-4-9-18-15/h7-8,11-12,14,17H,2-6,9-10H2,1H3. The highest BCUT2D eigenvalue weighted by molar-refractivity contribution is 5.44. The van der Waals surface area contributed by atoms with E-state index in [1.165, 1.54) is 25.7 Å². The molecule has 1 aromatic carbocycles. The highest BCUT2D eigenvalue weighted by Gasteiger charge is 2.18. The highest BCUT2D eigenvalue weighted by atomic mass is 16.7. The number of hydroxylamine groups is 1. The largest absolute Gasteiger partial charge is 0.490 e. The molecule has 1 aromatic rings. The zero-order valence-corrected chi connectivity index (χ0v) is 12.1. The van der Waals surface area contributed by atoms with Crippen LogP contribution < -0.4 is 15.0 Å². The van der Waals surface area contributed by atoms with Crippen molar-refractivity contribution in [3.63, 3.8) is 0 Å². The molecular weight excluding hydrogens is 254 g/mol. The molecule has 0 spiro atoms. The SMILES string of the molecule is CC(NOC1CCCC1)c1ccc2c(c1)OCCCO2. The first-order valence-corrected chi connectivity index (χ1v) is 7.63. The van der Waals surface area contributed by atoms with Crippen LogP contribution in [0.5, 0.6) is 11.5 Å². The third kappa shape index (κ3) is 3.25. The van der Waals surface area contributed by atoms with Gasteiger partial charge in [-0.25, -0.2) is 0 Å². The molecule has 0 amide bonds. The van der Waals surface area contributed by atoms with Crippen molar-refractivity contribution in [3.05, 3.63) is 23.8 Å². The average Bonchev–Trinajstić information content (AvgIpc) is 2.88. The molecule has 1 aliphatic carbocycles. The zero-order chi connectivity index (χ0) is 13.8. The molecule has 4 nitrogen and oxygen atoms in total. The summed E-state index contributed by atoms with van der Waals surface area (Å²) in [4.78, 5) is 5.77. The van der Waals surface area contributed by atoms with Gasteiger partial charge in [-0.1, -0.05) is 18.9 Å². The molecule has 0 radical (unpaired) electrons. The van der Waals surface area contributed by atoms with Crippen LogP contribution in [0.3, 0.4) is 0 Å². The van der Waals surface area contributed by atoms with Crippen LogP contribution in [0.4, 0.5) is 0 Å². The number of benzene rings is 1. The van der Waals surface area contributed by atoms with Crippen LogP contribution in [0, 0.1) is 0 Å². The molecule has 1 fully saturated rings. The molecule has 0 bridgehead atoms. The van der Waals surface area contributed by atoms with Gasteiger partial charge in [-0.15, -0.1) is 0 Å². The maximum Gasteiger partial charge on any atom is 0.161 e. The summed E-state index contributed by atoms with van der Waals surface area (Å²) < 4.78 is 11.4. The summed E-state index contributed by atoms with van der Waals surface area (Å²) in [5.41, 5.74) is 4.33. The van der Waals surface area contributed by atoms with E-state index < -0.39 is 0 Å². The van der Waals surface area contributed by atoms with Crippen molar-refractivity contribution in [1.29, 1.82) is 0 Å². The lowest BCUT2D eigenvalue weighted by molar-refractivity contribution is -0.0377. The van der Waals surface area contributed by atoms with Gasteiger partial charge < -0.3 is 9.47 Å². The predicted octanol–water partition coefficient (Wildman–Crippen LogP) is 3.37.